The number of rotatable bonds is 2. The summed E-state index contributed by atoms with van der Waals surface area (Å²) in [5.41, 5.74) is 0. The molecule has 0 N–H and O–H groups in total. The number of allylic oxidation sites excluding steroid dienone is 1. The lowest BCUT2D eigenvalue weighted by Crippen LogP contribution is -1.65. The minimum Gasteiger partial charge on any atom is -0.193 e. The molecule has 0 bridgehead atoms. The highest BCUT2D eigenvalue weighted by atomic mass is 35.5. The maximum Gasteiger partial charge on any atom is 0.0905 e. The summed E-state index contributed by atoms with van der Waals surface area (Å²) in [5, 5.41) is 7.51. The molecule has 0 aliphatic rings. The largest absolute Gasteiger partial charge is 0.193 e. The highest BCUT2D eigenvalue weighted by Gasteiger charge is 1.70. The van der Waals surface area contributed by atoms with E-state index in [9.17, 15) is 0 Å². The van der Waals surface area contributed by atoms with E-state index >= 15 is 0 Å². The van der Waals surface area contributed by atoms with Gasteiger partial charge in [-0.1, -0.05) is 19.9 Å². The quantitative estimate of drug-likeness (QED) is 0.433. The van der Waals surface area contributed by atoms with Crippen molar-refractivity contribution in [3.63, 3.8) is 0 Å². The predicted octanol–water partition coefficient (Wildman–Crippen LogP) is 2.72. The molecule has 0 aromatic rings. The Morgan fingerprint density at radius 1 is 1.78 bits per heavy atom. The fourth-order valence-electron chi connectivity index (χ4n) is 0.134. The average Bonchev–Trinajstić information content (AvgIpc) is 1.91. The number of nitriles is 1. The molecule has 0 aliphatic carbocycles. The summed E-state index contributed by atoms with van der Waals surface area (Å²) in [6, 6.07) is 1.69. The minimum atomic E-state index is 0.816. The lowest BCUT2D eigenvalue weighted by molar-refractivity contribution is 0.892. The molecule has 52 valence electrons. The van der Waals surface area contributed by atoms with Gasteiger partial charge in [-0.15, -0.1) is 11.6 Å². The number of alkyl halides is 1. The van der Waals surface area contributed by atoms with Crippen LogP contribution in [0.3, 0.4) is 0 Å². The predicted molar refractivity (Wildman–Crippen MR) is 41.4 cm³/mol. The van der Waals surface area contributed by atoms with Crippen molar-refractivity contribution in [2.24, 2.45) is 0 Å². The molecule has 0 amide bonds. The topological polar surface area (TPSA) is 23.8 Å². The third-order valence-electron chi connectivity index (χ3n) is 0.578. The minimum absolute atomic E-state index is 0.816. The molecule has 0 unspecified atom stereocenters. The zero-order chi connectivity index (χ0) is 7.54. The van der Waals surface area contributed by atoms with Crippen LogP contribution in [0, 0.1) is 11.3 Å². The van der Waals surface area contributed by atoms with E-state index < -0.39 is 0 Å². The van der Waals surface area contributed by atoms with Crippen molar-refractivity contribution < 1.29 is 0 Å². The van der Waals surface area contributed by atoms with Gasteiger partial charge in [-0.3, -0.25) is 0 Å². The van der Waals surface area contributed by atoms with Gasteiger partial charge in [-0.05, 0) is 6.42 Å². The first-order chi connectivity index (χ1) is 4.33. The van der Waals surface area contributed by atoms with Crippen LogP contribution < -0.4 is 0 Å². The van der Waals surface area contributed by atoms with Crippen LogP contribution in [0.4, 0.5) is 0 Å². The summed E-state index contributed by atoms with van der Waals surface area (Å²) >= 11 is 5.30. The third kappa shape index (κ3) is 36.1. The van der Waals surface area contributed by atoms with E-state index in [2.05, 4.69) is 13.5 Å². The van der Waals surface area contributed by atoms with E-state index in [0.717, 1.165) is 12.3 Å². The monoisotopic (exact) mass is 145 g/mol. The first kappa shape index (κ1) is 11.3. The molecular weight excluding hydrogens is 134 g/mol. The highest BCUT2D eigenvalue weighted by Crippen LogP contribution is 1.86. The molecule has 0 aromatic heterocycles. The van der Waals surface area contributed by atoms with Crippen molar-refractivity contribution in [1.29, 1.82) is 5.26 Å². The molecular formula is C7H12ClN. The summed E-state index contributed by atoms with van der Waals surface area (Å²) in [6.07, 6.45) is 3.55. The highest BCUT2D eigenvalue weighted by molar-refractivity contribution is 6.17. The standard InChI is InChI=1S/C4H9Cl.C3H3N/c1-2-3-4-5;1-2-3-4/h2-4H2,1H3;2H,1H2. The van der Waals surface area contributed by atoms with Crippen LogP contribution in [0.1, 0.15) is 19.8 Å². The molecule has 0 aliphatic heterocycles. The van der Waals surface area contributed by atoms with Crippen molar-refractivity contribution in [3.8, 4) is 6.07 Å². The number of nitrogens with zero attached hydrogens (tertiary/aromatic N) is 1. The number of hydrogen-bond acceptors (Lipinski definition) is 1. The Kier molecular flexibility index (Phi) is 19.7. The summed E-state index contributed by atoms with van der Waals surface area (Å²) < 4.78 is 0. The average molecular weight is 146 g/mol. The molecule has 0 atom stereocenters. The summed E-state index contributed by atoms with van der Waals surface area (Å²) in [7, 11) is 0. The molecule has 0 fully saturated rings. The Hall–Kier alpha value is -0.480. The van der Waals surface area contributed by atoms with E-state index in [1.54, 1.807) is 6.07 Å². The Balaban J connectivity index is 0. The molecule has 0 rings (SSSR count). The number of hydrogen-bond donors (Lipinski definition) is 0. The van der Waals surface area contributed by atoms with Crippen LogP contribution in [-0.4, -0.2) is 5.88 Å². The SMILES string of the molecule is C=CC#N.CCCCCl. The van der Waals surface area contributed by atoms with Gasteiger partial charge in [-0.25, -0.2) is 0 Å². The van der Waals surface area contributed by atoms with Crippen molar-refractivity contribution in [2.75, 3.05) is 5.88 Å². The van der Waals surface area contributed by atoms with Crippen molar-refractivity contribution in [1.82, 2.24) is 0 Å². The van der Waals surface area contributed by atoms with E-state index in [-0.39, 0.29) is 0 Å². The van der Waals surface area contributed by atoms with Crippen LogP contribution >= 0.6 is 11.6 Å². The Morgan fingerprint density at radius 3 is 2.22 bits per heavy atom. The van der Waals surface area contributed by atoms with Gasteiger partial charge in [0.2, 0.25) is 0 Å². The van der Waals surface area contributed by atoms with Gasteiger partial charge in [-0.2, -0.15) is 5.26 Å². The summed E-state index contributed by atoms with van der Waals surface area (Å²) in [6.45, 7) is 5.25. The molecule has 0 radical (unpaired) electrons. The van der Waals surface area contributed by atoms with E-state index in [1.807, 2.05) is 0 Å². The smallest absolute Gasteiger partial charge is 0.0905 e. The van der Waals surface area contributed by atoms with Crippen LogP contribution in [0.25, 0.3) is 0 Å². The van der Waals surface area contributed by atoms with Gasteiger partial charge in [0.05, 0.1) is 6.07 Å². The normalized spacial score (nSPS) is 6.33. The lowest BCUT2D eigenvalue weighted by Gasteiger charge is -1.77. The second-order valence-electron chi connectivity index (χ2n) is 1.38. The van der Waals surface area contributed by atoms with Crippen LogP contribution in [0.2, 0.25) is 0 Å². The molecule has 0 aromatic carbocycles. The fourth-order valence-corrected chi connectivity index (χ4v) is 0.401. The number of halogens is 1. The second-order valence-corrected chi connectivity index (χ2v) is 1.75. The first-order valence-corrected chi connectivity index (χ1v) is 3.43. The lowest BCUT2D eigenvalue weighted by atomic mass is 10.4. The first-order valence-electron chi connectivity index (χ1n) is 2.89. The van der Waals surface area contributed by atoms with Crippen LogP contribution in [0.5, 0.6) is 0 Å². The Morgan fingerprint density at radius 2 is 2.22 bits per heavy atom. The van der Waals surface area contributed by atoms with Crippen molar-refractivity contribution >= 4 is 11.6 Å². The van der Waals surface area contributed by atoms with Gasteiger partial charge in [0, 0.05) is 12.0 Å². The van der Waals surface area contributed by atoms with Gasteiger partial charge >= 0.3 is 0 Å². The van der Waals surface area contributed by atoms with E-state index in [1.165, 1.54) is 12.5 Å². The summed E-state index contributed by atoms with van der Waals surface area (Å²) in [4.78, 5) is 0. The molecule has 0 heterocycles. The number of unbranched alkanes of at least 4 members (excludes halogenated alkanes) is 1. The van der Waals surface area contributed by atoms with Gasteiger partial charge in [0.15, 0.2) is 0 Å². The van der Waals surface area contributed by atoms with Crippen molar-refractivity contribution in [3.05, 3.63) is 12.7 Å². The van der Waals surface area contributed by atoms with Gasteiger partial charge in [0.1, 0.15) is 0 Å². The molecule has 0 spiro atoms. The molecule has 0 saturated carbocycles. The zero-order valence-corrected chi connectivity index (χ0v) is 6.49. The molecule has 1 nitrogen and oxygen atoms in total. The van der Waals surface area contributed by atoms with E-state index in [0.29, 0.717) is 0 Å². The molecule has 9 heavy (non-hydrogen) atoms. The van der Waals surface area contributed by atoms with Crippen molar-refractivity contribution in [2.45, 2.75) is 19.8 Å². The Labute approximate surface area is 61.9 Å². The molecule has 0 saturated heterocycles. The maximum atomic E-state index is 7.51. The van der Waals surface area contributed by atoms with Gasteiger partial charge < -0.3 is 0 Å². The van der Waals surface area contributed by atoms with Crippen LogP contribution in [-0.2, 0) is 0 Å². The van der Waals surface area contributed by atoms with Crippen LogP contribution in [0.15, 0.2) is 12.7 Å². The Bertz CT molecular complexity index is 81.4. The summed E-state index contributed by atoms with van der Waals surface area (Å²) in [5.74, 6) is 0.816. The maximum absolute atomic E-state index is 7.51. The fraction of sp³-hybridized carbons (Fsp3) is 0.571. The van der Waals surface area contributed by atoms with Gasteiger partial charge in [0.25, 0.3) is 0 Å². The second kappa shape index (κ2) is 15.6. The zero-order valence-electron chi connectivity index (χ0n) is 5.73. The third-order valence-corrected chi connectivity index (χ3v) is 0.846. The van der Waals surface area contributed by atoms with E-state index in [4.69, 9.17) is 16.9 Å². The molecule has 2 heteroatoms.